The van der Waals surface area contributed by atoms with Crippen LogP contribution in [0.25, 0.3) is 0 Å². The first kappa shape index (κ1) is 27.1. The molecule has 176 valence electrons. The maximum absolute atomic E-state index is 12.4. The minimum absolute atomic E-state index is 0.00202. The lowest BCUT2D eigenvalue weighted by Gasteiger charge is -2.27. The second-order valence-electron chi connectivity index (χ2n) is 8.87. The zero-order valence-electron chi connectivity index (χ0n) is 20.3. The summed E-state index contributed by atoms with van der Waals surface area (Å²) < 4.78 is 0. The summed E-state index contributed by atoms with van der Waals surface area (Å²) in [6.45, 7) is 14.4. The second-order valence-corrected chi connectivity index (χ2v) is 8.87. The first-order valence-electron chi connectivity index (χ1n) is 11.5. The Kier molecular flexibility index (Phi) is 11.2. The molecule has 0 radical (unpaired) electrons. The smallest absolute Gasteiger partial charge is 0.223 e. The van der Waals surface area contributed by atoms with Crippen molar-refractivity contribution in [2.75, 3.05) is 13.2 Å². The Morgan fingerprint density at radius 1 is 0.806 bits per heavy atom. The van der Waals surface area contributed by atoms with Crippen molar-refractivity contribution in [1.29, 1.82) is 0 Å². The SMILES string of the molecule is CCC(C)C(=O)NCc1cc(CNC(=O)C(C)CC)c(C(C)CO)c(C)c1C(C)CO. The van der Waals surface area contributed by atoms with Gasteiger partial charge in [0.1, 0.15) is 0 Å². The largest absolute Gasteiger partial charge is 0.396 e. The van der Waals surface area contributed by atoms with Gasteiger partial charge >= 0.3 is 0 Å². The number of nitrogens with one attached hydrogen (secondary N) is 2. The summed E-state index contributed by atoms with van der Waals surface area (Å²) in [4.78, 5) is 24.7. The Balaban J connectivity index is 3.43. The van der Waals surface area contributed by atoms with Gasteiger partial charge in [-0.1, -0.05) is 47.6 Å². The fraction of sp³-hybridized carbons (Fsp3) is 0.680. The van der Waals surface area contributed by atoms with E-state index in [4.69, 9.17) is 0 Å². The van der Waals surface area contributed by atoms with Crippen LogP contribution in [-0.4, -0.2) is 35.2 Å². The van der Waals surface area contributed by atoms with Gasteiger partial charge in [0.2, 0.25) is 11.8 Å². The number of carbonyl (C=O) groups excluding carboxylic acids is 2. The van der Waals surface area contributed by atoms with Gasteiger partial charge < -0.3 is 20.8 Å². The van der Waals surface area contributed by atoms with Gasteiger partial charge in [-0.2, -0.15) is 0 Å². The maximum Gasteiger partial charge on any atom is 0.223 e. The number of aliphatic hydroxyl groups is 2. The van der Waals surface area contributed by atoms with E-state index in [2.05, 4.69) is 10.6 Å². The minimum Gasteiger partial charge on any atom is -0.396 e. The summed E-state index contributed by atoms with van der Waals surface area (Å²) >= 11 is 0. The fourth-order valence-electron chi connectivity index (χ4n) is 3.92. The van der Waals surface area contributed by atoms with Gasteiger partial charge in [0, 0.05) is 50.0 Å². The molecule has 1 rings (SSSR count). The standard InChI is InChI=1S/C25H42N2O4/c1-8-15(3)24(30)26-11-20-10-21(12-27-25(31)16(4)9-2)23(18(6)14-29)19(7)22(20)17(5)13-28/h10,15-18,28-29H,8-9,11-14H2,1-7H3,(H,26,30)(H,27,31). The molecular formula is C25H42N2O4. The molecule has 0 saturated carbocycles. The minimum atomic E-state index is -0.108. The van der Waals surface area contributed by atoms with Crippen LogP contribution in [0.15, 0.2) is 6.07 Å². The summed E-state index contributed by atoms with van der Waals surface area (Å²) in [7, 11) is 0. The van der Waals surface area contributed by atoms with E-state index in [1.54, 1.807) is 0 Å². The van der Waals surface area contributed by atoms with Crippen LogP contribution < -0.4 is 10.6 Å². The molecule has 4 atom stereocenters. The Bertz CT molecular complexity index is 689. The van der Waals surface area contributed by atoms with E-state index in [1.165, 1.54) is 0 Å². The molecule has 0 aliphatic heterocycles. The van der Waals surface area contributed by atoms with Crippen molar-refractivity contribution in [2.24, 2.45) is 11.8 Å². The molecule has 0 bridgehead atoms. The van der Waals surface area contributed by atoms with Crippen LogP contribution in [0.1, 0.15) is 94.0 Å². The summed E-state index contributed by atoms with van der Waals surface area (Å²) in [5.74, 6) is -0.345. The highest BCUT2D eigenvalue weighted by Gasteiger charge is 2.23. The van der Waals surface area contributed by atoms with E-state index >= 15 is 0 Å². The molecule has 4 N–H and O–H groups in total. The third-order valence-corrected chi connectivity index (χ3v) is 6.41. The first-order valence-corrected chi connectivity index (χ1v) is 11.5. The Labute approximate surface area is 187 Å². The number of hydrogen-bond donors (Lipinski definition) is 4. The molecule has 1 aromatic carbocycles. The van der Waals surface area contributed by atoms with Crippen molar-refractivity contribution in [3.63, 3.8) is 0 Å². The highest BCUT2D eigenvalue weighted by molar-refractivity contribution is 5.78. The molecular weight excluding hydrogens is 392 g/mol. The van der Waals surface area contributed by atoms with E-state index in [-0.39, 0.29) is 48.7 Å². The molecule has 1 aromatic rings. The molecule has 0 aliphatic carbocycles. The Morgan fingerprint density at radius 2 is 1.16 bits per heavy atom. The Morgan fingerprint density at radius 3 is 1.45 bits per heavy atom. The van der Waals surface area contributed by atoms with Gasteiger partial charge in [0.05, 0.1) is 0 Å². The lowest BCUT2D eigenvalue weighted by Crippen LogP contribution is -2.31. The zero-order chi connectivity index (χ0) is 23.7. The molecule has 0 heterocycles. The summed E-state index contributed by atoms with van der Waals surface area (Å²) in [6.07, 6.45) is 1.54. The third-order valence-electron chi connectivity index (χ3n) is 6.41. The van der Waals surface area contributed by atoms with Crippen LogP contribution >= 0.6 is 0 Å². The highest BCUT2D eigenvalue weighted by Crippen LogP contribution is 2.33. The number of hydrogen-bond acceptors (Lipinski definition) is 4. The number of rotatable bonds is 12. The van der Waals surface area contributed by atoms with Gasteiger partial charge in [0.15, 0.2) is 0 Å². The van der Waals surface area contributed by atoms with Crippen LogP contribution in [0.2, 0.25) is 0 Å². The van der Waals surface area contributed by atoms with Crippen LogP contribution in [0, 0.1) is 18.8 Å². The van der Waals surface area contributed by atoms with E-state index in [0.717, 1.165) is 40.7 Å². The predicted molar refractivity (Wildman–Crippen MR) is 125 cm³/mol. The topological polar surface area (TPSA) is 98.7 Å². The molecule has 0 saturated heterocycles. The lowest BCUT2D eigenvalue weighted by molar-refractivity contribution is -0.125. The Hall–Kier alpha value is -1.92. The van der Waals surface area contributed by atoms with E-state index in [0.29, 0.717) is 13.1 Å². The average Bonchev–Trinajstić information content (AvgIpc) is 2.78. The molecule has 4 unspecified atom stereocenters. The van der Waals surface area contributed by atoms with E-state index in [1.807, 2.05) is 54.5 Å². The average molecular weight is 435 g/mol. The molecule has 0 fully saturated rings. The van der Waals surface area contributed by atoms with Crippen molar-refractivity contribution in [3.8, 4) is 0 Å². The van der Waals surface area contributed by atoms with Crippen molar-refractivity contribution in [1.82, 2.24) is 10.6 Å². The maximum atomic E-state index is 12.4. The summed E-state index contributed by atoms with van der Waals surface area (Å²) in [6, 6.07) is 2.02. The van der Waals surface area contributed by atoms with Gasteiger partial charge in [-0.25, -0.2) is 0 Å². The fourth-order valence-corrected chi connectivity index (χ4v) is 3.92. The molecule has 31 heavy (non-hydrogen) atoms. The molecule has 0 aliphatic rings. The molecule has 6 nitrogen and oxygen atoms in total. The van der Waals surface area contributed by atoms with Crippen LogP contribution in [0.5, 0.6) is 0 Å². The van der Waals surface area contributed by atoms with Gasteiger partial charge in [-0.3, -0.25) is 9.59 Å². The lowest BCUT2D eigenvalue weighted by atomic mass is 9.82. The van der Waals surface area contributed by atoms with Crippen molar-refractivity contribution < 1.29 is 19.8 Å². The summed E-state index contributed by atoms with van der Waals surface area (Å²) in [5, 5.41) is 25.8. The number of carbonyl (C=O) groups is 2. The molecule has 0 aromatic heterocycles. The summed E-state index contributed by atoms with van der Waals surface area (Å²) in [5.41, 5.74) is 4.89. The first-order chi connectivity index (χ1) is 14.6. The highest BCUT2D eigenvalue weighted by atomic mass is 16.3. The van der Waals surface area contributed by atoms with Crippen LogP contribution in [0.3, 0.4) is 0 Å². The van der Waals surface area contributed by atoms with E-state index in [9.17, 15) is 19.8 Å². The molecule has 2 amide bonds. The quantitative estimate of drug-likeness (QED) is 0.405. The third kappa shape index (κ3) is 7.04. The van der Waals surface area contributed by atoms with Crippen molar-refractivity contribution in [3.05, 3.63) is 33.9 Å². The predicted octanol–water partition coefficient (Wildman–Crippen LogP) is 3.51. The number of benzene rings is 1. The monoisotopic (exact) mass is 434 g/mol. The van der Waals surface area contributed by atoms with E-state index < -0.39 is 0 Å². The molecule has 6 heteroatoms. The zero-order valence-corrected chi connectivity index (χ0v) is 20.3. The number of aliphatic hydroxyl groups excluding tert-OH is 2. The van der Waals surface area contributed by atoms with Crippen molar-refractivity contribution >= 4 is 11.8 Å². The van der Waals surface area contributed by atoms with Gasteiger partial charge in [-0.05, 0) is 47.6 Å². The van der Waals surface area contributed by atoms with Gasteiger partial charge in [-0.15, -0.1) is 0 Å². The normalized spacial score (nSPS) is 15.1. The number of amides is 2. The van der Waals surface area contributed by atoms with Crippen LogP contribution in [0.4, 0.5) is 0 Å². The second kappa shape index (κ2) is 12.8. The van der Waals surface area contributed by atoms with Crippen LogP contribution in [-0.2, 0) is 22.7 Å². The van der Waals surface area contributed by atoms with Crippen molar-refractivity contribution in [2.45, 2.75) is 86.2 Å². The molecule has 0 spiro atoms. The van der Waals surface area contributed by atoms with Gasteiger partial charge in [0.25, 0.3) is 0 Å².